The Morgan fingerprint density at radius 1 is 0.875 bits per heavy atom. The summed E-state index contributed by atoms with van der Waals surface area (Å²) in [7, 11) is 0. The molecule has 0 bridgehead atoms. The first-order valence-corrected chi connectivity index (χ1v) is 5.28. The minimum absolute atomic E-state index is 0.215. The zero-order chi connectivity index (χ0) is 12.2. The third-order valence-electron chi connectivity index (χ3n) is 1.74. The van der Waals surface area contributed by atoms with Gasteiger partial charge in [0.25, 0.3) is 0 Å². The van der Waals surface area contributed by atoms with E-state index in [2.05, 4.69) is 22.6 Å². The number of esters is 2. The van der Waals surface area contributed by atoms with Gasteiger partial charge in [-0.05, 0) is 25.7 Å². The first-order chi connectivity index (χ1) is 7.72. The zero-order valence-corrected chi connectivity index (χ0v) is 9.44. The summed E-state index contributed by atoms with van der Waals surface area (Å²) < 4.78 is 9.36. The molecule has 0 aliphatic rings. The van der Waals surface area contributed by atoms with Crippen LogP contribution in [0, 0.1) is 0 Å². The molecule has 0 aromatic rings. The Balaban J connectivity index is 3.53. The maximum Gasteiger partial charge on any atom is 0.417 e. The SMILES string of the molecule is C=CCCCOC(=O)C(=O)OCCCC=C. The number of allylic oxidation sites excluding steroid dienone is 2. The lowest BCUT2D eigenvalue weighted by Crippen LogP contribution is -2.21. The number of carbonyl (C=O) groups excluding carboxylic acids is 2. The van der Waals surface area contributed by atoms with Crippen molar-refractivity contribution in [2.45, 2.75) is 25.7 Å². The van der Waals surface area contributed by atoms with Gasteiger partial charge in [0.1, 0.15) is 0 Å². The molecule has 0 radical (unpaired) electrons. The van der Waals surface area contributed by atoms with E-state index in [1.54, 1.807) is 12.2 Å². The van der Waals surface area contributed by atoms with Crippen LogP contribution in [0.5, 0.6) is 0 Å². The Morgan fingerprint density at radius 3 is 1.56 bits per heavy atom. The van der Waals surface area contributed by atoms with Crippen molar-refractivity contribution in [3.8, 4) is 0 Å². The summed E-state index contributed by atoms with van der Waals surface area (Å²) in [5, 5.41) is 0. The lowest BCUT2D eigenvalue weighted by Gasteiger charge is -2.04. The third-order valence-corrected chi connectivity index (χ3v) is 1.74. The molecule has 0 spiro atoms. The highest BCUT2D eigenvalue weighted by Crippen LogP contribution is 1.95. The van der Waals surface area contributed by atoms with Gasteiger partial charge in [-0.1, -0.05) is 12.2 Å². The van der Waals surface area contributed by atoms with Gasteiger partial charge in [0.05, 0.1) is 13.2 Å². The Bertz CT molecular complexity index is 219. The summed E-state index contributed by atoms with van der Waals surface area (Å²) in [5.74, 6) is -1.86. The highest BCUT2D eigenvalue weighted by molar-refractivity contribution is 6.29. The van der Waals surface area contributed by atoms with Crippen LogP contribution < -0.4 is 0 Å². The van der Waals surface area contributed by atoms with Crippen molar-refractivity contribution in [1.29, 1.82) is 0 Å². The molecule has 0 fully saturated rings. The van der Waals surface area contributed by atoms with Gasteiger partial charge in [0.2, 0.25) is 0 Å². The van der Waals surface area contributed by atoms with Gasteiger partial charge < -0.3 is 9.47 Å². The van der Waals surface area contributed by atoms with E-state index in [9.17, 15) is 9.59 Å². The number of rotatable bonds is 8. The topological polar surface area (TPSA) is 52.6 Å². The molecule has 4 nitrogen and oxygen atoms in total. The minimum atomic E-state index is -0.928. The van der Waals surface area contributed by atoms with Gasteiger partial charge in [-0.25, -0.2) is 9.59 Å². The van der Waals surface area contributed by atoms with Crippen molar-refractivity contribution in [2.75, 3.05) is 13.2 Å². The highest BCUT2D eigenvalue weighted by Gasteiger charge is 2.16. The summed E-state index contributed by atoms with van der Waals surface area (Å²) in [6, 6.07) is 0. The Labute approximate surface area is 95.9 Å². The van der Waals surface area contributed by atoms with E-state index in [-0.39, 0.29) is 13.2 Å². The molecule has 0 saturated carbocycles. The van der Waals surface area contributed by atoms with E-state index in [4.69, 9.17) is 0 Å². The van der Waals surface area contributed by atoms with Gasteiger partial charge in [0.15, 0.2) is 0 Å². The first kappa shape index (κ1) is 14.4. The van der Waals surface area contributed by atoms with Gasteiger partial charge in [-0.3, -0.25) is 0 Å². The van der Waals surface area contributed by atoms with Crippen LogP contribution >= 0.6 is 0 Å². The molecular weight excluding hydrogens is 208 g/mol. The number of unbranched alkanes of at least 4 members (excludes halogenated alkanes) is 2. The molecule has 0 aliphatic heterocycles. The normalized spacial score (nSPS) is 9.25. The maximum absolute atomic E-state index is 11.0. The molecule has 0 aromatic heterocycles. The van der Waals surface area contributed by atoms with Crippen LogP contribution in [0.4, 0.5) is 0 Å². The maximum atomic E-state index is 11.0. The standard InChI is InChI=1S/C12H18O4/c1-3-5-7-9-15-11(13)12(14)16-10-8-6-4-2/h3-4H,1-2,5-10H2. The molecule has 0 rings (SSSR count). The number of hydrogen-bond acceptors (Lipinski definition) is 4. The third kappa shape index (κ3) is 7.79. The lowest BCUT2D eigenvalue weighted by atomic mass is 10.3. The second-order valence-electron chi connectivity index (χ2n) is 3.13. The van der Waals surface area contributed by atoms with Crippen molar-refractivity contribution in [3.63, 3.8) is 0 Å². The highest BCUT2D eigenvalue weighted by atomic mass is 16.6. The summed E-state index contributed by atoms with van der Waals surface area (Å²) in [6.45, 7) is 7.49. The molecule has 0 atom stereocenters. The van der Waals surface area contributed by atoms with Crippen LogP contribution in [0.3, 0.4) is 0 Å². The van der Waals surface area contributed by atoms with E-state index >= 15 is 0 Å². The fourth-order valence-corrected chi connectivity index (χ4v) is 0.903. The monoisotopic (exact) mass is 226 g/mol. The second kappa shape index (κ2) is 9.96. The molecule has 0 N–H and O–H groups in total. The fraction of sp³-hybridized carbons (Fsp3) is 0.500. The number of hydrogen-bond donors (Lipinski definition) is 0. The van der Waals surface area contributed by atoms with Crippen LogP contribution in [-0.4, -0.2) is 25.2 Å². The minimum Gasteiger partial charge on any atom is -0.457 e. The van der Waals surface area contributed by atoms with Crippen LogP contribution in [0.1, 0.15) is 25.7 Å². The summed E-state index contributed by atoms with van der Waals surface area (Å²) in [6.07, 6.45) is 6.28. The second-order valence-corrected chi connectivity index (χ2v) is 3.13. The fourth-order valence-electron chi connectivity index (χ4n) is 0.903. The largest absolute Gasteiger partial charge is 0.457 e. The van der Waals surface area contributed by atoms with Crippen molar-refractivity contribution in [3.05, 3.63) is 25.3 Å². The molecule has 0 unspecified atom stereocenters. The van der Waals surface area contributed by atoms with Gasteiger partial charge in [-0.15, -0.1) is 13.2 Å². The van der Waals surface area contributed by atoms with Crippen molar-refractivity contribution in [1.82, 2.24) is 0 Å². The van der Waals surface area contributed by atoms with Crippen LogP contribution in [-0.2, 0) is 19.1 Å². The molecule has 0 aromatic carbocycles. The quantitative estimate of drug-likeness (QED) is 0.275. The average Bonchev–Trinajstić information content (AvgIpc) is 2.29. The van der Waals surface area contributed by atoms with Crippen LogP contribution in [0.2, 0.25) is 0 Å². The van der Waals surface area contributed by atoms with E-state index in [0.29, 0.717) is 12.8 Å². The first-order valence-electron chi connectivity index (χ1n) is 5.28. The van der Waals surface area contributed by atoms with Crippen molar-refractivity contribution < 1.29 is 19.1 Å². The molecule has 0 saturated heterocycles. The molecule has 0 aliphatic carbocycles. The molecule has 90 valence electrons. The summed E-state index contributed by atoms with van der Waals surface area (Å²) in [5.41, 5.74) is 0. The molecule has 16 heavy (non-hydrogen) atoms. The number of ether oxygens (including phenoxy) is 2. The van der Waals surface area contributed by atoms with Crippen LogP contribution in [0.25, 0.3) is 0 Å². The predicted molar refractivity (Wildman–Crippen MR) is 60.8 cm³/mol. The summed E-state index contributed by atoms with van der Waals surface area (Å²) in [4.78, 5) is 22.1. The Hall–Kier alpha value is -1.58. The summed E-state index contributed by atoms with van der Waals surface area (Å²) >= 11 is 0. The van der Waals surface area contributed by atoms with Crippen molar-refractivity contribution in [2.24, 2.45) is 0 Å². The molecule has 0 heterocycles. The van der Waals surface area contributed by atoms with E-state index in [0.717, 1.165) is 12.8 Å². The Kier molecular flexibility index (Phi) is 8.97. The van der Waals surface area contributed by atoms with Gasteiger partial charge in [-0.2, -0.15) is 0 Å². The van der Waals surface area contributed by atoms with E-state index in [1.807, 2.05) is 0 Å². The zero-order valence-electron chi connectivity index (χ0n) is 9.44. The van der Waals surface area contributed by atoms with E-state index < -0.39 is 11.9 Å². The van der Waals surface area contributed by atoms with Gasteiger partial charge >= 0.3 is 11.9 Å². The average molecular weight is 226 g/mol. The molecule has 4 heteroatoms. The van der Waals surface area contributed by atoms with Crippen LogP contribution in [0.15, 0.2) is 25.3 Å². The predicted octanol–water partition coefficient (Wildman–Crippen LogP) is 2.01. The van der Waals surface area contributed by atoms with Gasteiger partial charge in [0, 0.05) is 0 Å². The smallest absolute Gasteiger partial charge is 0.417 e. The van der Waals surface area contributed by atoms with Crippen molar-refractivity contribution >= 4 is 11.9 Å². The Morgan fingerprint density at radius 2 is 1.25 bits per heavy atom. The molecular formula is C12H18O4. The lowest BCUT2D eigenvalue weighted by molar-refractivity contribution is -0.167. The van der Waals surface area contributed by atoms with E-state index in [1.165, 1.54) is 0 Å². The number of carbonyl (C=O) groups is 2. The molecule has 0 amide bonds.